The molecule has 1 aromatic heterocycles. The van der Waals surface area contributed by atoms with Crippen LogP contribution in [0, 0.1) is 19.7 Å². The van der Waals surface area contributed by atoms with Gasteiger partial charge in [-0.15, -0.1) is 0 Å². The number of benzene rings is 3. The third kappa shape index (κ3) is 7.16. The Morgan fingerprint density at radius 1 is 1.05 bits per heavy atom. The molecule has 1 saturated heterocycles. The zero-order chi connectivity index (χ0) is 27.9. The topological polar surface area (TPSA) is 56.6 Å². The lowest BCUT2D eigenvalue weighted by Crippen LogP contribution is -2.37. The zero-order valence-electron chi connectivity index (χ0n) is 23.2. The van der Waals surface area contributed by atoms with Crippen LogP contribution < -0.4 is 4.74 Å². The number of halogens is 1. The summed E-state index contributed by atoms with van der Waals surface area (Å²) in [7, 11) is 0. The fourth-order valence-corrected chi connectivity index (χ4v) is 5.13. The molecular weight excluding hydrogens is 505 g/mol. The molecule has 6 nitrogen and oxygen atoms in total. The summed E-state index contributed by atoms with van der Waals surface area (Å²) >= 11 is 0. The fourth-order valence-electron chi connectivity index (χ4n) is 5.13. The fraction of sp³-hybridized carbons (Fsp3) is 0.333. The molecule has 0 N–H and O–H groups in total. The Hall–Kier alpha value is -3.97. The molecule has 0 spiro atoms. The third-order valence-electron chi connectivity index (χ3n) is 7.24. The molecule has 5 rings (SSSR count). The van der Waals surface area contributed by atoms with Gasteiger partial charge >= 0.3 is 0 Å². The van der Waals surface area contributed by atoms with Gasteiger partial charge < -0.3 is 14.4 Å². The van der Waals surface area contributed by atoms with E-state index in [0.29, 0.717) is 49.5 Å². The van der Waals surface area contributed by atoms with E-state index in [2.05, 4.69) is 11.2 Å². The molecule has 0 saturated carbocycles. The van der Waals surface area contributed by atoms with Gasteiger partial charge in [0.05, 0.1) is 24.9 Å². The second-order valence-corrected chi connectivity index (χ2v) is 10.4. The second-order valence-electron chi connectivity index (χ2n) is 10.4. The highest BCUT2D eigenvalue weighted by Gasteiger charge is 2.24. The molecule has 4 aromatic rings. The average molecular weight is 542 g/mol. The molecule has 1 fully saturated rings. The SMILES string of the molecule is Cc1cc(C)n(Cc2ccc(C(=O)N(Cc3cccc(OCCc4ccccc4F)c3)CC3CCCO3)cc2)n1. The van der Waals surface area contributed by atoms with Crippen molar-refractivity contribution in [3.63, 3.8) is 0 Å². The summed E-state index contributed by atoms with van der Waals surface area (Å²) in [6, 6.07) is 24.4. The lowest BCUT2D eigenvalue weighted by molar-refractivity contribution is 0.0507. The number of nitrogens with zero attached hydrogens (tertiary/aromatic N) is 3. The number of carbonyl (C=O) groups excluding carboxylic acids is 1. The maximum absolute atomic E-state index is 13.9. The molecule has 1 aliphatic rings. The molecule has 1 aliphatic heterocycles. The average Bonchev–Trinajstić information content (AvgIpc) is 3.58. The number of hydrogen-bond acceptors (Lipinski definition) is 4. The predicted molar refractivity (Wildman–Crippen MR) is 153 cm³/mol. The van der Waals surface area contributed by atoms with Gasteiger partial charge in [0.15, 0.2) is 0 Å². The Morgan fingerprint density at radius 2 is 1.88 bits per heavy atom. The van der Waals surface area contributed by atoms with Gasteiger partial charge in [-0.1, -0.05) is 42.5 Å². The summed E-state index contributed by atoms with van der Waals surface area (Å²) in [6.45, 7) is 6.77. The molecule has 208 valence electrons. The Kier molecular flexibility index (Phi) is 8.91. The summed E-state index contributed by atoms with van der Waals surface area (Å²) in [5.41, 5.74) is 5.44. The molecule has 3 aromatic carbocycles. The molecule has 1 atom stereocenters. The minimum absolute atomic E-state index is 0.0287. The first kappa shape index (κ1) is 27.6. The molecule has 0 aliphatic carbocycles. The van der Waals surface area contributed by atoms with Crippen LogP contribution in [0.15, 0.2) is 78.9 Å². The van der Waals surface area contributed by atoms with E-state index in [4.69, 9.17) is 9.47 Å². The number of aryl methyl sites for hydroxylation is 2. The van der Waals surface area contributed by atoms with Crippen LogP contribution in [0.5, 0.6) is 5.75 Å². The Balaban J connectivity index is 1.26. The van der Waals surface area contributed by atoms with Gasteiger partial charge in [0.1, 0.15) is 11.6 Å². The molecule has 2 heterocycles. The monoisotopic (exact) mass is 541 g/mol. The van der Waals surface area contributed by atoms with E-state index in [1.54, 1.807) is 12.1 Å². The predicted octanol–water partition coefficient (Wildman–Crippen LogP) is 6.13. The van der Waals surface area contributed by atoms with Crippen LogP contribution in [0.25, 0.3) is 0 Å². The van der Waals surface area contributed by atoms with Crippen molar-refractivity contribution in [3.8, 4) is 5.75 Å². The largest absolute Gasteiger partial charge is 0.493 e. The van der Waals surface area contributed by atoms with Gasteiger partial charge in [0, 0.05) is 37.4 Å². The van der Waals surface area contributed by atoms with E-state index in [1.807, 2.05) is 78.0 Å². The van der Waals surface area contributed by atoms with Gasteiger partial charge in [-0.2, -0.15) is 5.10 Å². The molecule has 0 bridgehead atoms. The Bertz CT molecular complexity index is 1430. The van der Waals surface area contributed by atoms with Gasteiger partial charge in [0.2, 0.25) is 0 Å². The van der Waals surface area contributed by atoms with Crippen molar-refractivity contribution in [1.82, 2.24) is 14.7 Å². The number of hydrogen-bond donors (Lipinski definition) is 0. The molecule has 1 amide bonds. The number of amides is 1. The van der Waals surface area contributed by atoms with Crippen LogP contribution in [0.4, 0.5) is 4.39 Å². The van der Waals surface area contributed by atoms with Crippen LogP contribution in [0.3, 0.4) is 0 Å². The van der Waals surface area contributed by atoms with Gasteiger partial charge in [-0.25, -0.2) is 4.39 Å². The molecule has 40 heavy (non-hydrogen) atoms. The van der Waals surface area contributed by atoms with Gasteiger partial charge in [-0.05, 0) is 79.8 Å². The van der Waals surface area contributed by atoms with E-state index in [-0.39, 0.29) is 17.8 Å². The van der Waals surface area contributed by atoms with Crippen molar-refractivity contribution < 1.29 is 18.7 Å². The van der Waals surface area contributed by atoms with Crippen LogP contribution >= 0.6 is 0 Å². The lowest BCUT2D eigenvalue weighted by atomic mass is 10.1. The van der Waals surface area contributed by atoms with E-state index < -0.39 is 0 Å². The standard InChI is InChI=1S/C33H36FN3O3/c1-24-19-25(2)37(35-24)22-26-12-14-29(15-13-26)33(38)36(23-31-10-6-17-39-31)21-27-7-5-9-30(20-27)40-18-16-28-8-3-4-11-32(28)34/h3-5,7-9,11-15,19-20,31H,6,10,16-18,21-23H2,1-2H3. The minimum atomic E-state index is -0.220. The highest BCUT2D eigenvalue weighted by Crippen LogP contribution is 2.21. The number of rotatable bonds is 11. The zero-order valence-corrected chi connectivity index (χ0v) is 23.2. The number of ether oxygens (including phenoxy) is 2. The summed E-state index contributed by atoms with van der Waals surface area (Å²) < 4.78 is 27.7. The van der Waals surface area contributed by atoms with Crippen molar-refractivity contribution in [2.45, 2.75) is 52.3 Å². The lowest BCUT2D eigenvalue weighted by Gasteiger charge is -2.26. The normalized spacial score (nSPS) is 14.8. The maximum Gasteiger partial charge on any atom is 0.254 e. The summed E-state index contributed by atoms with van der Waals surface area (Å²) in [6.07, 6.45) is 2.48. The van der Waals surface area contributed by atoms with E-state index in [9.17, 15) is 9.18 Å². The van der Waals surface area contributed by atoms with Crippen molar-refractivity contribution in [3.05, 3.63) is 118 Å². The van der Waals surface area contributed by atoms with Crippen LogP contribution in [0.2, 0.25) is 0 Å². The summed E-state index contributed by atoms with van der Waals surface area (Å²) in [5.74, 6) is 0.452. The molecule has 0 radical (unpaired) electrons. The Morgan fingerprint density at radius 3 is 2.60 bits per heavy atom. The number of carbonyl (C=O) groups is 1. The number of aromatic nitrogens is 2. The van der Waals surface area contributed by atoms with Crippen molar-refractivity contribution >= 4 is 5.91 Å². The van der Waals surface area contributed by atoms with Crippen molar-refractivity contribution in [2.24, 2.45) is 0 Å². The first-order valence-corrected chi connectivity index (χ1v) is 13.9. The van der Waals surface area contributed by atoms with Crippen molar-refractivity contribution in [2.75, 3.05) is 19.8 Å². The molecular formula is C33H36FN3O3. The summed E-state index contributed by atoms with van der Waals surface area (Å²) in [4.78, 5) is 15.6. The van der Waals surface area contributed by atoms with Crippen molar-refractivity contribution in [1.29, 1.82) is 0 Å². The first-order valence-electron chi connectivity index (χ1n) is 13.9. The smallest absolute Gasteiger partial charge is 0.254 e. The molecule has 1 unspecified atom stereocenters. The van der Waals surface area contributed by atoms with Crippen LogP contribution in [-0.2, 0) is 24.2 Å². The minimum Gasteiger partial charge on any atom is -0.493 e. The molecule has 7 heteroatoms. The van der Waals surface area contributed by atoms with E-state index in [1.165, 1.54) is 6.07 Å². The van der Waals surface area contributed by atoms with Gasteiger partial charge in [-0.3, -0.25) is 9.48 Å². The first-order chi connectivity index (χ1) is 19.4. The van der Waals surface area contributed by atoms with Gasteiger partial charge in [0.25, 0.3) is 5.91 Å². The summed E-state index contributed by atoms with van der Waals surface area (Å²) in [5, 5.41) is 4.54. The highest BCUT2D eigenvalue weighted by atomic mass is 19.1. The van der Waals surface area contributed by atoms with Crippen LogP contribution in [-0.4, -0.2) is 46.5 Å². The second kappa shape index (κ2) is 12.9. The van der Waals surface area contributed by atoms with E-state index >= 15 is 0 Å². The third-order valence-corrected chi connectivity index (χ3v) is 7.24. The van der Waals surface area contributed by atoms with E-state index in [0.717, 1.165) is 42.0 Å². The highest BCUT2D eigenvalue weighted by molar-refractivity contribution is 5.94. The quantitative estimate of drug-likeness (QED) is 0.229. The maximum atomic E-state index is 13.9. The van der Waals surface area contributed by atoms with Crippen LogP contribution in [0.1, 0.15) is 51.3 Å². The Labute approximate surface area is 235 Å².